The number of rotatable bonds is 6. The van der Waals surface area contributed by atoms with E-state index in [9.17, 15) is 4.79 Å². The zero-order chi connectivity index (χ0) is 18.8. The first-order valence-corrected chi connectivity index (χ1v) is 8.85. The number of aryl methyl sites for hydroxylation is 3. The Bertz CT molecular complexity index is 976. The van der Waals surface area contributed by atoms with E-state index in [1.54, 1.807) is 6.07 Å². The highest BCUT2D eigenvalue weighted by molar-refractivity contribution is 5.93. The summed E-state index contributed by atoms with van der Waals surface area (Å²) in [5.41, 5.74) is 4.10. The van der Waals surface area contributed by atoms with E-state index in [1.165, 1.54) is 0 Å². The predicted octanol–water partition coefficient (Wildman–Crippen LogP) is 2.44. The average Bonchev–Trinajstić information content (AvgIpc) is 3.37. The molecular weight excluding hydrogens is 346 g/mol. The topological polar surface area (TPSA) is 94.1 Å². The highest BCUT2D eigenvalue weighted by Crippen LogP contribution is 2.35. The third-order valence-corrected chi connectivity index (χ3v) is 4.43. The van der Waals surface area contributed by atoms with Gasteiger partial charge in [0.25, 0.3) is 5.91 Å². The van der Waals surface area contributed by atoms with E-state index in [2.05, 4.69) is 20.6 Å². The van der Waals surface area contributed by atoms with Crippen LogP contribution in [-0.2, 0) is 6.54 Å². The van der Waals surface area contributed by atoms with Crippen LogP contribution in [0.25, 0.3) is 11.3 Å². The van der Waals surface area contributed by atoms with Crippen molar-refractivity contribution in [1.29, 1.82) is 0 Å². The van der Waals surface area contributed by atoms with Crippen LogP contribution in [0.3, 0.4) is 0 Å². The maximum absolute atomic E-state index is 12.3. The van der Waals surface area contributed by atoms with Crippen molar-refractivity contribution < 1.29 is 14.3 Å². The molecule has 140 valence electrons. The number of ether oxygens (including phenoxy) is 2. The number of hydrogen-bond donors (Lipinski definition) is 2. The number of aromatic nitrogens is 4. The van der Waals surface area contributed by atoms with Gasteiger partial charge in [0.2, 0.25) is 6.79 Å². The van der Waals surface area contributed by atoms with E-state index >= 15 is 0 Å². The second-order valence-corrected chi connectivity index (χ2v) is 6.49. The Morgan fingerprint density at radius 3 is 2.89 bits per heavy atom. The molecule has 4 rings (SSSR count). The SMILES string of the molecule is Cc1cc(C)n(CCCNC(=O)c2cc(-c3ccc4c(c3)OCO4)n[nH]2)n1. The molecule has 0 spiro atoms. The van der Waals surface area contributed by atoms with Crippen LogP contribution in [-0.4, -0.2) is 39.2 Å². The predicted molar refractivity (Wildman–Crippen MR) is 98.8 cm³/mol. The molecule has 0 radical (unpaired) electrons. The second-order valence-electron chi connectivity index (χ2n) is 6.49. The largest absolute Gasteiger partial charge is 0.454 e. The number of nitrogens with one attached hydrogen (secondary N) is 2. The van der Waals surface area contributed by atoms with Gasteiger partial charge in [0, 0.05) is 24.3 Å². The van der Waals surface area contributed by atoms with Crippen LogP contribution in [0.15, 0.2) is 30.3 Å². The first-order valence-electron chi connectivity index (χ1n) is 8.85. The van der Waals surface area contributed by atoms with Gasteiger partial charge in [-0.25, -0.2) is 0 Å². The van der Waals surface area contributed by atoms with Crippen molar-refractivity contribution in [2.45, 2.75) is 26.8 Å². The van der Waals surface area contributed by atoms with Crippen molar-refractivity contribution in [3.05, 3.63) is 47.4 Å². The molecule has 0 atom stereocenters. The summed E-state index contributed by atoms with van der Waals surface area (Å²) in [7, 11) is 0. The van der Waals surface area contributed by atoms with Crippen LogP contribution in [0.1, 0.15) is 28.3 Å². The summed E-state index contributed by atoms with van der Waals surface area (Å²) < 4.78 is 12.6. The monoisotopic (exact) mass is 367 g/mol. The van der Waals surface area contributed by atoms with Crippen molar-refractivity contribution >= 4 is 5.91 Å². The molecule has 0 aliphatic carbocycles. The smallest absolute Gasteiger partial charge is 0.269 e. The summed E-state index contributed by atoms with van der Waals surface area (Å²) >= 11 is 0. The molecule has 0 saturated carbocycles. The van der Waals surface area contributed by atoms with Crippen molar-refractivity contribution in [2.75, 3.05) is 13.3 Å². The van der Waals surface area contributed by atoms with Gasteiger partial charge in [0.15, 0.2) is 11.5 Å². The third kappa shape index (κ3) is 3.64. The molecule has 0 fully saturated rings. The first kappa shape index (κ1) is 17.1. The quantitative estimate of drug-likeness (QED) is 0.653. The molecule has 1 aliphatic heterocycles. The van der Waals surface area contributed by atoms with Gasteiger partial charge in [0.1, 0.15) is 5.69 Å². The molecule has 0 bridgehead atoms. The summed E-state index contributed by atoms with van der Waals surface area (Å²) in [6, 6.07) is 9.36. The van der Waals surface area contributed by atoms with Gasteiger partial charge in [-0.2, -0.15) is 10.2 Å². The Balaban J connectivity index is 1.33. The maximum atomic E-state index is 12.3. The number of H-pyrrole nitrogens is 1. The summed E-state index contributed by atoms with van der Waals surface area (Å²) in [4.78, 5) is 12.3. The molecule has 1 amide bonds. The number of aromatic amines is 1. The summed E-state index contributed by atoms with van der Waals surface area (Å²) in [5, 5.41) is 14.3. The molecule has 2 aromatic heterocycles. The Hall–Kier alpha value is -3.29. The van der Waals surface area contributed by atoms with E-state index in [0.29, 0.717) is 23.7 Å². The van der Waals surface area contributed by atoms with Gasteiger partial charge in [-0.15, -0.1) is 0 Å². The van der Waals surface area contributed by atoms with Crippen LogP contribution >= 0.6 is 0 Å². The van der Waals surface area contributed by atoms with Crippen LogP contribution in [0.4, 0.5) is 0 Å². The average molecular weight is 367 g/mol. The molecule has 8 nitrogen and oxygen atoms in total. The van der Waals surface area contributed by atoms with E-state index in [-0.39, 0.29) is 12.7 Å². The zero-order valence-electron chi connectivity index (χ0n) is 15.3. The number of nitrogens with zero attached hydrogens (tertiary/aromatic N) is 3. The Morgan fingerprint density at radius 2 is 2.07 bits per heavy atom. The van der Waals surface area contributed by atoms with Crippen LogP contribution in [0, 0.1) is 13.8 Å². The van der Waals surface area contributed by atoms with Crippen molar-refractivity contribution in [3.8, 4) is 22.8 Å². The third-order valence-electron chi connectivity index (χ3n) is 4.43. The minimum absolute atomic E-state index is 0.178. The van der Waals surface area contributed by atoms with E-state index in [0.717, 1.165) is 35.7 Å². The summed E-state index contributed by atoms with van der Waals surface area (Å²) in [6.45, 7) is 5.56. The number of carbonyl (C=O) groups is 1. The molecule has 1 aromatic carbocycles. The highest BCUT2D eigenvalue weighted by Gasteiger charge is 2.16. The van der Waals surface area contributed by atoms with Gasteiger partial charge >= 0.3 is 0 Å². The Kier molecular flexibility index (Phi) is 4.53. The highest BCUT2D eigenvalue weighted by atomic mass is 16.7. The van der Waals surface area contributed by atoms with Crippen molar-refractivity contribution in [3.63, 3.8) is 0 Å². The number of fused-ring (bicyclic) bond motifs is 1. The van der Waals surface area contributed by atoms with Crippen LogP contribution in [0.2, 0.25) is 0 Å². The minimum Gasteiger partial charge on any atom is -0.454 e. The number of amides is 1. The minimum atomic E-state index is -0.178. The molecule has 3 heterocycles. The van der Waals surface area contributed by atoms with Gasteiger partial charge in [-0.05, 0) is 50.6 Å². The summed E-state index contributed by atoms with van der Waals surface area (Å²) in [6.07, 6.45) is 0.802. The molecule has 0 saturated heterocycles. The molecule has 3 aromatic rings. The van der Waals surface area contributed by atoms with E-state index in [4.69, 9.17) is 9.47 Å². The van der Waals surface area contributed by atoms with Gasteiger partial charge in [-0.1, -0.05) is 0 Å². The van der Waals surface area contributed by atoms with E-state index < -0.39 is 0 Å². The van der Waals surface area contributed by atoms with Gasteiger partial charge in [-0.3, -0.25) is 14.6 Å². The number of carbonyl (C=O) groups excluding carboxylic acids is 1. The zero-order valence-corrected chi connectivity index (χ0v) is 15.3. The fourth-order valence-electron chi connectivity index (χ4n) is 3.07. The lowest BCUT2D eigenvalue weighted by molar-refractivity contribution is 0.0947. The van der Waals surface area contributed by atoms with E-state index in [1.807, 2.05) is 42.8 Å². The van der Waals surface area contributed by atoms with Crippen LogP contribution in [0.5, 0.6) is 11.5 Å². The lowest BCUT2D eigenvalue weighted by atomic mass is 10.1. The normalized spacial score (nSPS) is 12.4. The molecule has 8 heteroatoms. The maximum Gasteiger partial charge on any atom is 0.269 e. The molecule has 0 unspecified atom stereocenters. The lowest BCUT2D eigenvalue weighted by Gasteiger charge is -2.05. The Labute approximate surface area is 156 Å². The molecule has 27 heavy (non-hydrogen) atoms. The number of benzene rings is 1. The Morgan fingerprint density at radius 1 is 1.22 bits per heavy atom. The fraction of sp³-hybridized carbons (Fsp3) is 0.316. The van der Waals surface area contributed by atoms with Gasteiger partial charge < -0.3 is 14.8 Å². The molecule has 1 aliphatic rings. The summed E-state index contributed by atoms with van der Waals surface area (Å²) in [5.74, 6) is 1.23. The standard InChI is InChI=1S/C19H21N5O3/c1-12-8-13(2)24(23-12)7-3-6-20-19(25)16-10-15(21-22-16)14-4-5-17-18(9-14)27-11-26-17/h4-5,8-10H,3,6-7,11H2,1-2H3,(H,20,25)(H,21,22). The number of hydrogen-bond acceptors (Lipinski definition) is 5. The first-order chi connectivity index (χ1) is 13.1. The van der Waals surface area contributed by atoms with Crippen molar-refractivity contribution in [2.24, 2.45) is 0 Å². The molecular formula is C19H21N5O3. The fourth-order valence-corrected chi connectivity index (χ4v) is 3.07. The second kappa shape index (κ2) is 7.14. The van der Waals surface area contributed by atoms with Crippen LogP contribution < -0.4 is 14.8 Å². The van der Waals surface area contributed by atoms with Crippen molar-refractivity contribution in [1.82, 2.24) is 25.3 Å². The molecule has 2 N–H and O–H groups in total. The lowest BCUT2D eigenvalue weighted by Crippen LogP contribution is -2.25. The van der Waals surface area contributed by atoms with Gasteiger partial charge in [0.05, 0.1) is 11.4 Å².